The predicted octanol–water partition coefficient (Wildman–Crippen LogP) is 1.08. The Morgan fingerprint density at radius 3 is 2.35 bits per heavy atom. The van der Waals surface area contributed by atoms with Gasteiger partial charge in [0.15, 0.2) is 0 Å². The van der Waals surface area contributed by atoms with Crippen molar-refractivity contribution < 1.29 is 17.9 Å². The van der Waals surface area contributed by atoms with Gasteiger partial charge in [-0.1, -0.05) is 6.07 Å². The van der Waals surface area contributed by atoms with Crippen molar-refractivity contribution in [2.24, 2.45) is 0 Å². The summed E-state index contributed by atoms with van der Waals surface area (Å²) in [6.07, 6.45) is 0.0883. The van der Waals surface area contributed by atoms with Crippen molar-refractivity contribution in [1.82, 2.24) is 14.1 Å². The van der Waals surface area contributed by atoms with E-state index >= 15 is 0 Å². The number of nitrogens with zero attached hydrogens (tertiary/aromatic N) is 3. The molecule has 7 nitrogen and oxygen atoms in total. The zero-order chi connectivity index (χ0) is 18.9. The van der Waals surface area contributed by atoms with Crippen molar-refractivity contribution >= 4 is 27.3 Å². The molecule has 0 spiro atoms. The zero-order valence-corrected chi connectivity index (χ0v) is 17.1. The lowest BCUT2D eigenvalue weighted by Crippen LogP contribution is -2.58. The molecule has 2 aliphatic heterocycles. The first kappa shape index (κ1) is 19.8. The molecule has 1 aromatic heterocycles. The van der Waals surface area contributed by atoms with E-state index in [1.165, 1.54) is 15.6 Å². The molecule has 26 heavy (non-hydrogen) atoms. The second-order valence-corrected chi connectivity index (χ2v) is 10.2. The standard InChI is InChI=1S/C17H27N3O4S2/c1-13-11-19(12-14(2)24-13)17(21)15(3)18-6-8-20(9-7-18)26(22,23)16-5-4-10-25-16/h4-5,10,13-15H,6-9,11-12H2,1-3H3/t13-,14-,15-/m1/s1. The molecule has 0 radical (unpaired) electrons. The summed E-state index contributed by atoms with van der Waals surface area (Å²) in [6, 6.07) is 3.14. The van der Waals surface area contributed by atoms with Gasteiger partial charge in [-0.2, -0.15) is 4.31 Å². The number of ether oxygens (including phenoxy) is 1. The number of carbonyl (C=O) groups is 1. The fourth-order valence-corrected chi connectivity index (χ4v) is 6.21. The van der Waals surface area contributed by atoms with Crippen molar-refractivity contribution in [3.63, 3.8) is 0 Å². The average molecular weight is 402 g/mol. The number of carbonyl (C=O) groups excluding carboxylic acids is 1. The van der Waals surface area contributed by atoms with E-state index in [1.807, 2.05) is 25.7 Å². The fourth-order valence-electron chi connectivity index (χ4n) is 3.65. The molecule has 0 aliphatic carbocycles. The maximum absolute atomic E-state index is 12.9. The summed E-state index contributed by atoms with van der Waals surface area (Å²) < 4.78 is 32.8. The van der Waals surface area contributed by atoms with E-state index in [9.17, 15) is 13.2 Å². The van der Waals surface area contributed by atoms with Crippen molar-refractivity contribution in [2.45, 2.75) is 43.2 Å². The van der Waals surface area contributed by atoms with E-state index in [0.717, 1.165) is 0 Å². The molecule has 0 N–H and O–H groups in total. The van der Waals surface area contributed by atoms with Crippen LogP contribution in [0.15, 0.2) is 21.7 Å². The van der Waals surface area contributed by atoms with Crippen molar-refractivity contribution in [3.05, 3.63) is 17.5 Å². The van der Waals surface area contributed by atoms with E-state index < -0.39 is 10.0 Å². The van der Waals surface area contributed by atoms with Gasteiger partial charge in [0.1, 0.15) is 4.21 Å². The minimum atomic E-state index is -3.41. The normalized spacial score (nSPS) is 27.4. The minimum absolute atomic E-state index is 0.0442. The predicted molar refractivity (Wildman–Crippen MR) is 101 cm³/mol. The van der Waals surface area contributed by atoms with Gasteiger partial charge in [-0.25, -0.2) is 8.42 Å². The molecule has 1 amide bonds. The number of rotatable bonds is 4. The molecular formula is C17H27N3O4S2. The van der Waals surface area contributed by atoms with Gasteiger partial charge in [-0.05, 0) is 32.2 Å². The van der Waals surface area contributed by atoms with Gasteiger partial charge in [-0.15, -0.1) is 11.3 Å². The van der Waals surface area contributed by atoms with Crippen LogP contribution < -0.4 is 0 Å². The Bertz CT molecular complexity index is 704. The van der Waals surface area contributed by atoms with E-state index in [1.54, 1.807) is 17.5 Å². The van der Waals surface area contributed by atoms with Crippen LogP contribution in [-0.2, 0) is 19.6 Å². The summed E-state index contributed by atoms with van der Waals surface area (Å²) in [5.74, 6) is 0.0987. The van der Waals surface area contributed by atoms with Gasteiger partial charge in [0, 0.05) is 39.3 Å². The van der Waals surface area contributed by atoms with Crippen LogP contribution in [-0.4, -0.2) is 85.9 Å². The van der Waals surface area contributed by atoms with Crippen LogP contribution in [0.3, 0.4) is 0 Å². The second-order valence-electron chi connectivity index (χ2n) is 7.05. The first-order chi connectivity index (χ1) is 12.3. The molecule has 3 rings (SSSR count). The summed E-state index contributed by atoms with van der Waals surface area (Å²) in [6.45, 7) is 9.04. The van der Waals surface area contributed by atoms with Crippen LogP contribution in [0.25, 0.3) is 0 Å². The van der Waals surface area contributed by atoms with Crippen LogP contribution in [0.5, 0.6) is 0 Å². The molecule has 0 bridgehead atoms. The van der Waals surface area contributed by atoms with Gasteiger partial charge < -0.3 is 9.64 Å². The molecule has 3 atom stereocenters. The highest BCUT2D eigenvalue weighted by Crippen LogP contribution is 2.23. The van der Waals surface area contributed by atoms with Crippen LogP contribution >= 0.6 is 11.3 Å². The highest BCUT2D eigenvalue weighted by Gasteiger charge is 2.35. The number of piperazine rings is 1. The van der Waals surface area contributed by atoms with Crippen LogP contribution in [0, 0.1) is 0 Å². The van der Waals surface area contributed by atoms with Crippen LogP contribution in [0.4, 0.5) is 0 Å². The lowest BCUT2D eigenvalue weighted by molar-refractivity contribution is -0.148. The maximum Gasteiger partial charge on any atom is 0.252 e. The Morgan fingerprint density at radius 2 is 1.81 bits per heavy atom. The second kappa shape index (κ2) is 7.93. The largest absolute Gasteiger partial charge is 0.372 e. The minimum Gasteiger partial charge on any atom is -0.372 e. The molecule has 0 aromatic carbocycles. The third-order valence-corrected chi connectivity index (χ3v) is 8.27. The average Bonchev–Trinajstić information content (AvgIpc) is 3.15. The first-order valence-corrected chi connectivity index (χ1v) is 11.3. The summed E-state index contributed by atoms with van der Waals surface area (Å²) in [5, 5.41) is 1.77. The molecule has 2 aliphatic rings. The summed E-state index contributed by atoms with van der Waals surface area (Å²) in [4.78, 5) is 16.8. The number of hydrogen-bond acceptors (Lipinski definition) is 6. The summed E-state index contributed by atoms with van der Waals surface area (Å²) in [7, 11) is -3.41. The maximum atomic E-state index is 12.9. The highest BCUT2D eigenvalue weighted by atomic mass is 32.2. The molecule has 9 heteroatoms. The van der Waals surface area contributed by atoms with Gasteiger partial charge in [-0.3, -0.25) is 9.69 Å². The van der Waals surface area contributed by atoms with Crippen molar-refractivity contribution in [3.8, 4) is 0 Å². The summed E-state index contributed by atoms with van der Waals surface area (Å²) >= 11 is 1.24. The molecule has 0 unspecified atom stereocenters. The Kier molecular flexibility index (Phi) is 6.03. The number of amides is 1. The van der Waals surface area contributed by atoms with E-state index in [0.29, 0.717) is 43.5 Å². The molecular weight excluding hydrogens is 374 g/mol. The Balaban J connectivity index is 1.58. The Morgan fingerprint density at radius 1 is 1.19 bits per heavy atom. The molecule has 0 saturated carbocycles. The third-order valence-electron chi connectivity index (χ3n) is 5.00. The third kappa shape index (κ3) is 4.12. The Labute approximate surface area is 159 Å². The quantitative estimate of drug-likeness (QED) is 0.755. The van der Waals surface area contributed by atoms with Crippen LogP contribution in [0.1, 0.15) is 20.8 Å². The van der Waals surface area contributed by atoms with E-state index in [-0.39, 0.29) is 24.2 Å². The molecule has 1 aromatic rings. The molecule has 146 valence electrons. The summed E-state index contributed by atoms with van der Waals surface area (Å²) in [5.41, 5.74) is 0. The van der Waals surface area contributed by atoms with E-state index in [4.69, 9.17) is 4.74 Å². The number of thiophene rings is 1. The SMILES string of the molecule is C[C@@H]1CN(C(=O)[C@@H](C)N2CCN(S(=O)(=O)c3cccs3)CC2)C[C@@H](C)O1. The molecule has 2 fully saturated rings. The lowest BCUT2D eigenvalue weighted by Gasteiger charge is -2.41. The monoisotopic (exact) mass is 401 g/mol. The van der Waals surface area contributed by atoms with Crippen molar-refractivity contribution in [1.29, 1.82) is 0 Å². The number of sulfonamides is 1. The Hall–Kier alpha value is -1.00. The molecule has 2 saturated heterocycles. The smallest absolute Gasteiger partial charge is 0.252 e. The zero-order valence-electron chi connectivity index (χ0n) is 15.5. The van der Waals surface area contributed by atoms with Gasteiger partial charge in [0.2, 0.25) is 5.91 Å². The number of hydrogen-bond donors (Lipinski definition) is 0. The first-order valence-electron chi connectivity index (χ1n) is 9.01. The fraction of sp³-hybridized carbons (Fsp3) is 0.706. The van der Waals surface area contributed by atoms with Gasteiger partial charge >= 0.3 is 0 Å². The lowest BCUT2D eigenvalue weighted by atomic mass is 10.1. The number of morpholine rings is 1. The van der Waals surface area contributed by atoms with Gasteiger partial charge in [0.05, 0.1) is 18.2 Å². The topological polar surface area (TPSA) is 70.2 Å². The molecule has 3 heterocycles. The van der Waals surface area contributed by atoms with Crippen molar-refractivity contribution in [2.75, 3.05) is 39.3 Å². The van der Waals surface area contributed by atoms with Crippen LogP contribution in [0.2, 0.25) is 0 Å². The van der Waals surface area contributed by atoms with E-state index in [2.05, 4.69) is 4.90 Å². The van der Waals surface area contributed by atoms with Gasteiger partial charge in [0.25, 0.3) is 10.0 Å². The highest BCUT2D eigenvalue weighted by molar-refractivity contribution is 7.91.